The smallest absolute Gasteiger partial charge is 0.0865 e. The minimum absolute atomic E-state index is 0.0784. The molecule has 5 rings (SSSR count). The van der Waals surface area contributed by atoms with Crippen molar-refractivity contribution < 1.29 is 0 Å². The predicted octanol–water partition coefficient (Wildman–Crippen LogP) is 6.40. The second-order valence-electron chi connectivity index (χ2n) is 9.74. The number of rotatable bonds is 2. The third-order valence-corrected chi connectivity index (χ3v) is 7.81. The molecule has 0 radical (unpaired) electrons. The highest BCUT2D eigenvalue weighted by atomic mass is 15.5. The molecule has 2 fully saturated rings. The highest BCUT2D eigenvalue weighted by Crippen LogP contribution is 2.57. The predicted molar refractivity (Wildman–Crippen MR) is 118 cm³/mol. The number of nitrogens with zero attached hydrogens (tertiary/aromatic N) is 2. The summed E-state index contributed by atoms with van der Waals surface area (Å²) < 4.78 is 0. The Morgan fingerprint density at radius 1 is 0.893 bits per heavy atom. The Labute approximate surface area is 170 Å². The lowest BCUT2D eigenvalue weighted by Gasteiger charge is -2.45. The molecule has 1 saturated carbocycles. The van der Waals surface area contributed by atoms with Gasteiger partial charge in [0.25, 0.3) is 0 Å². The number of para-hydroxylation sites is 1. The summed E-state index contributed by atoms with van der Waals surface area (Å²) in [5.74, 6) is 0.759. The molecule has 28 heavy (non-hydrogen) atoms. The Hall–Kier alpha value is -1.80. The van der Waals surface area contributed by atoms with Crippen LogP contribution in [0.5, 0.6) is 0 Å². The van der Waals surface area contributed by atoms with Crippen molar-refractivity contribution in [3.8, 4) is 0 Å². The minimum atomic E-state index is 0.0784. The average molecular weight is 375 g/mol. The number of aryl methyl sites for hydroxylation is 1. The fourth-order valence-corrected chi connectivity index (χ4v) is 6.56. The van der Waals surface area contributed by atoms with E-state index in [0.717, 1.165) is 5.92 Å². The lowest BCUT2D eigenvalue weighted by molar-refractivity contribution is 0.0444. The molecule has 2 nitrogen and oxygen atoms in total. The molecule has 2 aromatic rings. The van der Waals surface area contributed by atoms with E-state index < -0.39 is 0 Å². The summed E-state index contributed by atoms with van der Waals surface area (Å²) in [6.07, 6.45) is 7.43. The lowest BCUT2D eigenvalue weighted by Crippen LogP contribution is -2.51. The molecule has 0 N–H and O–H groups in total. The number of benzene rings is 2. The first-order valence-corrected chi connectivity index (χ1v) is 11.2. The molecule has 0 amide bonds. The summed E-state index contributed by atoms with van der Waals surface area (Å²) in [5, 5.41) is 0. The van der Waals surface area contributed by atoms with Gasteiger partial charge in [-0.15, -0.1) is 0 Å². The first kappa shape index (κ1) is 18.2. The normalized spacial score (nSPS) is 29.7. The van der Waals surface area contributed by atoms with Crippen LogP contribution in [0.2, 0.25) is 0 Å². The Kier molecular flexibility index (Phi) is 4.32. The van der Waals surface area contributed by atoms with Gasteiger partial charge in [-0.1, -0.05) is 61.7 Å². The average Bonchev–Trinajstić information content (AvgIpc) is 3.14. The maximum atomic E-state index is 2.89. The first-order valence-electron chi connectivity index (χ1n) is 11.2. The van der Waals surface area contributed by atoms with Gasteiger partial charge in [-0.3, -0.25) is 4.90 Å². The molecule has 2 heteroatoms. The van der Waals surface area contributed by atoms with Gasteiger partial charge in [0.1, 0.15) is 0 Å². The zero-order valence-corrected chi connectivity index (χ0v) is 17.9. The number of hydrogen-bond acceptors (Lipinski definition) is 2. The second kappa shape index (κ2) is 6.62. The van der Waals surface area contributed by atoms with Crippen LogP contribution in [0.3, 0.4) is 0 Å². The van der Waals surface area contributed by atoms with Gasteiger partial charge in [-0.05, 0) is 69.2 Å². The summed E-state index contributed by atoms with van der Waals surface area (Å²) >= 11 is 0. The van der Waals surface area contributed by atoms with Crippen LogP contribution in [-0.4, -0.2) is 17.1 Å². The zero-order chi connectivity index (χ0) is 19.5. The van der Waals surface area contributed by atoms with Crippen molar-refractivity contribution in [2.45, 2.75) is 83.6 Å². The van der Waals surface area contributed by atoms with Gasteiger partial charge in [-0.2, -0.15) is 0 Å². The molecule has 2 heterocycles. The molecule has 148 valence electrons. The summed E-state index contributed by atoms with van der Waals surface area (Å²) in [6.45, 7) is 9.65. The van der Waals surface area contributed by atoms with Crippen LogP contribution in [-0.2, 0) is 5.54 Å². The monoisotopic (exact) mass is 374 g/mol. The van der Waals surface area contributed by atoms with E-state index in [2.05, 4.69) is 86.0 Å². The molecular formula is C26H34N2. The molecule has 3 aliphatic rings. The van der Waals surface area contributed by atoms with E-state index in [1.54, 1.807) is 5.56 Å². The van der Waals surface area contributed by atoms with Crippen LogP contribution in [0.4, 0.5) is 5.69 Å². The molecule has 0 bridgehead atoms. The third-order valence-electron chi connectivity index (χ3n) is 7.81. The van der Waals surface area contributed by atoms with Gasteiger partial charge >= 0.3 is 0 Å². The maximum absolute atomic E-state index is 2.89. The number of hydrogen-bond donors (Lipinski definition) is 0. The fourth-order valence-electron chi connectivity index (χ4n) is 6.56. The molecule has 3 atom stereocenters. The molecule has 0 aromatic heterocycles. The van der Waals surface area contributed by atoms with Gasteiger partial charge in [-0.25, -0.2) is 0 Å². The van der Waals surface area contributed by atoms with Crippen LogP contribution in [0, 0.1) is 12.8 Å². The standard InChI is InChI=1S/C26H34N2/c1-18-12-8-11-17-23(18)27-19(2)24-21-15-9-10-16-22(21)26(3,4)28(24)25(27)20-13-6-5-7-14-20/h8-12,15-17,19-20,24-25H,5-7,13-14H2,1-4H3/t19-,24?,25?/m0/s1. The largest absolute Gasteiger partial charge is 0.351 e. The van der Waals surface area contributed by atoms with Gasteiger partial charge in [0.15, 0.2) is 0 Å². The van der Waals surface area contributed by atoms with Gasteiger partial charge in [0.05, 0.1) is 12.2 Å². The minimum Gasteiger partial charge on any atom is -0.351 e. The van der Waals surface area contributed by atoms with E-state index in [1.807, 2.05) is 0 Å². The maximum Gasteiger partial charge on any atom is 0.0865 e. The Balaban J connectivity index is 1.67. The lowest BCUT2D eigenvalue weighted by atomic mass is 9.84. The Morgan fingerprint density at radius 3 is 2.32 bits per heavy atom. The van der Waals surface area contributed by atoms with Crippen molar-refractivity contribution in [3.05, 3.63) is 65.2 Å². The van der Waals surface area contributed by atoms with E-state index in [4.69, 9.17) is 0 Å². The van der Waals surface area contributed by atoms with Crippen molar-refractivity contribution in [3.63, 3.8) is 0 Å². The van der Waals surface area contributed by atoms with Crippen LogP contribution in [0.25, 0.3) is 0 Å². The fraction of sp³-hybridized carbons (Fsp3) is 0.538. The zero-order valence-electron chi connectivity index (χ0n) is 17.9. The van der Waals surface area contributed by atoms with Crippen LogP contribution in [0.1, 0.15) is 75.6 Å². The van der Waals surface area contributed by atoms with Gasteiger partial charge in [0.2, 0.25) is 0 Å². The molecule has 0 spiro atoms. The highest BCUT2D eigenvalue weighted by molar-refractivity contribution is 5.58. The van der Waals surface area contributed by atoms with Crippen molar-refractivity contribution >= 4 is 5.69 Å². The van der Waals surface area contributed by atoms with E-state index in [1.165, 1.54) is 48.9 Å². The van der Waals surface area contributed by atoms with E-state index in [9.17, 15) is 0 Å². The molecule has 2 aromatic carbocycles. The third kappa shape index (κ3) is 2.50. The highest BCUT2D eigenvalue weighted by Gasteiger charge is 2.58. The first-order chi connectivity index (χ1) is 13.5. The summed E-state index contributed by atoms with van der Waals surface area (Å²) in [6, 6.07) is 19.2. The van der Waals surface area contributed by atoms with Crippen molar-refractivity contribution in [2.75, 3.05) is 4.90 Å². The topological polar surface area (TPSA) is 6.48 Å². The molecule has 1 aliphatic carbocycles. The molecular weight excluding hydrogens is 340 g/mol. The quantitative estimate of drug-likeness (QED) is 0.600. The second-order valence-corrected chi connectivity index (χ2v) is 9.74. The molecule has 2 aliphatic heterocycles. The molecule has 2 unspecified atom stereocenters. The van der Waals surface area contributed by atoms with E-state index in [0.29, 0.717) is 18.2 Å². The summed E-state index contributed by atoms with van der Waals surface area (Å²) in [4.78, 5) is 5.69. The van der Waals surface area contributed by atoms with E-state index in [-0.39, 0.29) is 5.54 Å². The van der Waals surface area contributed by atoms with Crippen LogP contribution < -0.4 is 4.90 Å². The SMILES string of the molecule is Cc1ccccc1N1C(C2CCCCC2)N2C(c3ccccc3C2(C)C)[C@@H]1C. The van der Waals surface area contributed by atoms with Crippen molar-refractivity contribution in [2.24, 2.45) is 5.92 Å². The van der Waals surface area contributed by atoms with Crippen LogP contribution in [0.15, 0.2) is 48.5 Å². The Bertz CT molecular complexity index is 864. The van der Waals surface area contributed by atoms with Gasteiger partial charge < -0.3 is 4.90 Å². The Morgan fingerprint density at radius 2 is 1.57 bits per heavy atom. The summed E-state index contributed by atoms with van der Waals surface area (Å²) in [7, 11) is 0. The van der Waals surface area contributed by atoms with Crippen molar-refractivity contribution in [1.82, 2.24) is 4.90 Å². The number of anilines is 1. The summed E-state index contributed by atoms with van der Waals surface area (Å²) in [5.41, 5.74) is 6.01. The van der Waals surface area contributed by atoms with E-state index >= 15 is 0 Å². The van der Waals surface area contributed by atoms with Crippen molar-refractivity contribution in [1.29, 1.82) is 0 Å². The van der Waals surface area contributed by atoms with Gasteiger partial charge in [0, 0.05) is 17.3 Å². The number of fused-ring (bicyclic) bond motifs is 3. The molecule has 1 saturated heterocycles. The van der Waals surface area contributed by atoms with Crippen LogP contribution >= 0.6 is 0 Å².